The van der Waals surface area contributed by atoms with E-state index in [1.165, 1.54) is 6.21 Å². The molecule has 1 N–H and O–H groups in total. The van der Waals surface area contributed by atoms with Gasteiger partial charge in [0.1, 0.15) is 11.5 Å². The third kappa shape index (κ3) is 7.75. The van der Waals surface area contributed by atoms with Gasteiger partial charge < -0.3 is 18.9 Å². The Morgan fingerprint density at radius 1 is 0.886 bits per heavy atom. The summed E-state index contributed by atoms with van der Waals surface area (Å²) in [5, 5.41) is 4.34. The molecule has 0 aliphatic heterocycles. The smallest absolute Gasteiger partial charge is 0.343 e. The zero-order chi connectivity index (χ0) is 25.0. The fraction of sp³-hybridized carbons (Fsp3) is 0.192. The zero-order valence-corrected chi connectivity index (χ0v) is 20.1. The predicted molar refractivity (Wildman–Crippen MR) is 133 cm³/mol. The molecule has 0 spiro atoms. The number of hydrogen-bond donors (Lipinski definition) is 1. The molecule has 182 valence electrons. The number of amides is 1. The molecule has 0 heterocycles. The van der Waals surface area contributed by atoms with Gasteiger partial charge in [0.2, 0.25) is 0 Å². The van der Waals surface area contributed by atoms with Crippen LogP contribution in [0.15, 0.2) is 71.8 Å². The summed E-state index contributed by atoms with van der Waals surface area (Å²) < 4.78 is 21.9. The average Bonchev–Trinajstić information content (AvgIpc) is 2.86. The third-order valence-corrected chi connectivity index (χ3v) is 4.78. The lowest BCUT2D eigenvalue weighted by Crippen LogP contribution is -2.24. The molecule has 0 atom stereocenters. The molecule has 3 rings (SSSR count). The van der Waals surface area contributed by atoms with Gasteiger partial charge in [0.05, 0.1) is 30.0 Å². The Hall–Kier alpha value is -4.04. The first-order chi connectivity index (χ1) is 17.0. The highest BCUT2D eigenvalue weighted by molar-refractivity contribution is 6.32. The number of carbonyl (C=O) groups is 2. The Kier molecular flexibility index (Phi) is 9.50. The maximum absolute atomic E-state index is 12.5. The molecule has 9 heteroatoms. The Morgan fingerprint density at radius 2 is 1.63 bits per heavy atom. The number of halogens is 1. The zero-order valence-electron chi connectivity index (χ0n) is 19.3. The molecule has 0 saturated heterocycles. The van der Waals surface area contributed by atoms with Crippen LogP contribution < -0.4 is 24.4 Å². The summed E-state index contributed by atoms with van der Waals surface area (Å²) in [5.41, 5.74) is 3.38. The summed E-state index contributed by atoms with van der Waals surface area (Å²) in [6.45, 7) is 4.36. The van der Waals surface area contributed by atoms with Crippen molar-refractivity contribution >= 4 is 29.7 Å². The molecule has 0 fully saturated rings. The normalized spacial score (nSPS) is 10.6. The minimum Gasteiger partial charge on any atom is -0.494 e. The van der Waals surface area contributed by atoms with Crippen molar-refractivity contribution in [2.45, 2.75) is 13.8 Å². The van der Waals surface area contributed by atoms with Crippen LogP contribution in [0, 0.1) is 0 Å². The summed E-state index contributed by atoms with van der Waals surface area (Å²) in [6.07, 6.45) is 1.44. The van der Waals surface area contributed by atoms with Crippen LogP contribution in [-0.2, 0) is 4.79 Å². The van der Waals surface area contributed by atoms with Crippen molar-refractivity contribution in [2.75, 3.05) is 19.8 Å². The van der Waals surface area contributed by atoms with E-state index in [0.29, 0.717) is 46.6 Å². The molecule has 1 amide bonds. The van der Waals surface area contributed by atoms with Crippen LogP contribution in [-0.4, -0.2) is 37.9 Å². The number of nitrogens with one attached hydrogen (secondary N) is 1. The number of benzene rings is 3. The van der Waals surface area contributed by atoms with Gasteiger partial charge in [-0.3, -0.25) is 4.79 Å². The number of para-hydroxylation sites is 1. The first kappa shape index (κ1) is 25.6. The van der Waals surface area contributed by atoms with E-state index < -0.39 is 11.9 Å². The second kappa shape index (κ2) is 13.0. The van der Waals surface area contributed by atoms with Crippen molar-refractivity contribution in [2.24, 2.45) is 5.10 Å². The summed E-state index contributed by atoms with van der Waals surface area (Å²) in [7, 11) is 0. The topological polar surface area (TPSA) is 95.5 Å². The fourth-order valence-corrected chi connectivity index (χ4v) is 3.08. The van der Waals surface area contributed by atoms with Crippen LogP contribution in [0.25, 0.3) is 0 Å². The van der Waals surface area contributed by atoms with E-state index in [1.54, 1.807) is 66.7 Å². The Morgan fingerprint density at radius 3 is 2.34 bits per heavy atom. The fourth-order valence-electron chi connectivity index (χ4n) is 2.89. The monoisotopic (exact) mass is 496 g/mol. The first-order valence-electron chi connectivity index (χ1n) is 10.9. The van der Waals surface area contributed by atoms with Crippen LogP contribution in [0.4, 0.5) is 0 Å². The second-order valence-electron chi connectivity index (χ2n) is 7.00. The van der Waals surface area contributed by atoms with E-state index in [2.05, 4.69) is 10.5 Å². The van der Waals surface area contributed by atoms with Gasteiger partial charge in [0.25, 0.3) is 5.91 Å². The van der Waals surface area contributed by atoms with E-state index in [9.17, 15) is 9.59 Å². The molecule has 3 aromatic rings. The van der Waals surface area contributed by atoms with Crippen molar-refractivity contribution in [3.05, 3.63) is 82.9 Å². The summed E-state index contributed by atoms with van der Waals surface area (Å²) >= 11 is 5.99. The summed E-state index contributed by atoms with van der Waals surface area (Å²) in [4.78, 5) is 24.5. The number of ether oxygens (including phenoxy) is 4. The van der Waals surface area contributed by atoms with E-state index in [1.807, 2.05) is 13.8 Å². The van der Waals surface area contributed by atoms with Crippen molar-refractivity contribution in [3.63, 3.8) is 0 Å². The highest BCUT2D eigenvalue weighted by atomic mass is 35.5. The second-order valence-corrected chi connectivity index (χ2v) is 7.41. The number of hydrogen-bond acceptors (Lipinski definition) is 7. The lowest BCUT2D eigenvalue weighted by Gasteiger charge is -2.11. The summed E-state index contributed by atoms with van der Waals surface area (Å²) in [6, 6.07) is 18.5. The Balaban J connectivity index is 1.59. The van der Waals surface area contributed by atoms with Crippen molar-refractivity contribution in [1.82, 2.24) is 5.43 Å². The van der Waals surface area contributed by atoms with Crippen LogP contribution in [0.1, 0.15) is 29.8 Å². The van der Waals surface area contributed by atoms with Crippen molar-refractivity contribution < 1.29 is 28.5 Å². The van der Waals surface area contributed by atoms with Gasteiger partial charge in [0.15, 0.2) is 18.1 Å². The molecular formula is C26H25ClN2O6. The van der Waals surface area contributed by atoms with Crippen LogP contribution in [0.3, 0.4) is 0 Å². The lowest BCUT2D eigenvalue weighted by molar-refractivity contribution is -0.123. The largest absolute Gasteiger partial charge is 0.494 e. The number of nitrogens with zero attached hydrogens (tertiary/aromatic N) is 1. The predicted octanol–water partition coefficient (Wildman–Crippen LogP) is 4.89. The molecule has 3 aromatic carbocycles. The quantitative estimate of drug-likeness (QED) is 0.176. The molecule has 35 heavy (non-hydrogen) atoms. The molecule has 0 aromatic heterocycles. The van der Waals surface area contributed by atoms with Crippen LogP contribution in [0.5, 0.6) is 23.0 Å². The van der Waals surface area contributed by atoms with Gasteiger partial charge >= 0.3 is 5.97 Å². The maximum Gasteiger partial charge on any atom is 0.343 e. The van der Waals surface area contributed by atoms with Crippen LogP contribution in [0.2, 0.25) is 5.02 Å². The average molecular weight is 497 g/mol. The van der Waals surface area contributed by atoms with Gasteiger partial charge in [0, 0.05) is 0 Å². The van der Waals surface area contributed by atoms with Gasteiger partial charge in [-0.2, -0.15) is 5.10 Å². The first-order valence-corrected chi connectivity index (χ1v) is 11.3. The van der Waals surface area contributed by atoms with Crippen molar-refractivity contribution in [1.29, 1.82) is 0 Å². The molecule has 0 unspecified atom stereocenters. The molecule has 8 nitrogen and oxygen atoms in total. The van der Waals surface area contributed by atoms with Gasteiger partial charge in [-0.1, -0.05) is 23.7 Å². The Bertz CT molecular complexity index is 1180. The van der Waals surface area contributed by atoms with Crippen molar-refractivity contribution in [3.8, 4) is 23.0 Å². The number of rotatable bonds is 11. The molecule has 0 aliphatic rings. The highest BCUT2D eigenvalue weighted by Crippen LogP contribution is 2.29. The minimum atomic E-state index is -0.527. The summed E-state index contributed by atoms with van der Waals surface area (Å²) in [5.74, 6) is 0.729. The molecule has 0 aliphatic carbocycles. The molecule has 0 saturated carbocycles. The van der Waals surface area contributed by atoms with E-state index >= 15 is 0 Å². The van der Waals surface area contributed by atoms with Crippen LogP contribution >= 0.6 is 11.6 Å². The maximum atomic E-state index is 12.5. The number of hydrazone groups is 1. The standard InChI is InChI=1S/C26H25ClN2O6/c1-3-32-20-12-10-19(11-13-20)26(31)35-23-14-9-18(15-24(23)33-4-2)16-28-29-25(30)17-34-22-8-6-5-7-21(22)27/h5-16H,3-4,17H2,1-2H3,(H,29,30)/b28-16+. The molecular weight excluding hydrogens is 472 g/mol. The van der Waals surface area contributed by atoms with E-state index in [-0.39, 0.29) is 12.4 Å². The van der Waals surface area contributed by atoms with E-state index in [0.717, 1.165) is 0 Å². The highest BCUT2D eigenvalue weighted by Gasteiger charge is 2.13. The van der Waals surface area contributed by atoms with Gasteiger partial charge in [-0.15, -0.1) is 0 Å². The number of carbonyl (C=O) groups excluding carboxylic acids is 2. The lowest BCUT2D eigenvalue weighted by atomic mass is 10.2. The Labute approximate surface area is 208 Å². The third-order valence-electron chi connectivity index (χ3n) is 4.47. The minimum absolute atomic E-state index is 0.244. The molecule has 0 radical (unpaired) electrons. The number of esters is 1. The van der Waals surface area contributed by atoms with E-state index in [4.69, 9.17) is 30.5 Å². The van der Waals surface area contributed by atoms with Gasteiger partial charge in [-0.25, -0.2) is 10.2 Å². The van der Waals surface area contributed by atoms with Gasteiger partial charge in [-0.05, 0) is 74.0 Å². The molecule has 0 bridgehead atoms. The SMILES string of the molecule is CCOc1ccc(C(=O)Oc2ccc(/C=N/NC(=O)COc3ccccc3Cl)cc2OCC)cc1.